The number of rotatable bonds is 6. The molecule has 106 valence electrons. The lowest BCUT2D eigenvalue weighted by atomic mass is 10.2. The first kappa shape index (κ1) is 14.7. The van der Waals surface area contributed by atoms with E-state index in [1.807, 2.05) is 48.5 Å². The van der Waals surface area contributed by atoms with Gasteiger partial charge in [-0.15, -0.1) is 0 Å². The number of hydrogen-bond acceptors (Lipinski definition) is 3. The van der Waals surface area contributed by atoms with Gasteiger partial charge in [-0.1, -0.05) is 42.5 Å². The van der Waals surface area contributed by atoms with E-state index in [0.717, 1.165) is 16.9 Å². The molecule has 0 saturated carbocycles. The molecule has 2 aromatic carbocycles. The van der Waals surface area contributed by atoms with Crippen LogP contribution < -0.4 is 4.74 Å². The summed E-state index contributed by atoms with van der Waals surface area (Å²) in [5, 5.41) is 8.08. The summed E-state index contributed by atoms with van der Waals surface area (Å²) >= 11 is 0. The zero-order valence-electron chi connectivity index (χ0n) is 12.1. The maximum Gasteiger partial charge on any atom is 0.119 e. The number of benzene rings is 2. The molecule has 0 aromatic heterocycles. The van der Waals surface area contributed by atoms with Crippen LogP contribution in [-0.4, -0.2) is 19.0 Å². The smallest absolute Gasteiger partial charge is 0.119 e. The van der Waals surface area contributed by atoms with Crippen LogP contribution >= 0.6 is 0 Å². The molecule has 0 heterocycles. The largest absolute Gasteiger partial charge is 0.490 e. The first-order valence-corrected chi connectivity index (χ1v) is 6.75. The summed E-state index contributed by atoms with van der Waals surface area (Å²) in [6, 6.07) is 15.8. The van der Waals surface area contributed by atoms with Gasteiger partial charge in [-0.3, -0.25) is 0 Å². The molecule has 3 nitrogen and oxygen atoms in total. The van der Waals surface area contributed by atoms with Crippen LogP contribution in [0.25, 0.3) is 0 Å². The molecule has 0 aliphatic carbocycles. The molecule has 2 rings (SSSR count). The third-order valence-corrected chi connectivity index (χ3v) is 2.81. The molecular formula is C18H18N2O. The van der Waals surface area contributed by atoms with Gasteiger partial charge in [0.1, 0.15) is 12.4 Å². The second-order valence-electron chi connectivity index (χ2n) is 4.57. The van der Waals surface area contributed by atoms with Crippen molar-refractivity contribution in [3.05, 3.63) is 77.9 Å². The predicted octanol–water partition coefficient (Wildman–Crippen LogP) is 4.01. The van der Waals surface area contributed by atoms with E-state index >= 15 is 0 Å². The highest BCUT2D eigenvalue weighted by Crippen LogP contribution is 2.11. The second kappa shape index (κ2) is 7.80. The summed E-state index contributed by atoms with van der Waals surface area (Å²) in [4.78, 5) is 0. The number of nitrogens with zero attached hydrogens (tertiary/aromatic N) is 2. The van der Waals surface area contributed by atoms with Gasteiger partial charge in [-0.2, -0.15) is 10.2 Å². The van der Waals surface area contributed by atoms with Crippen molar-refractivity contribution in [2.45, 2.75) is 6.92 Å². The summed E-state index contributed by atoms with van der Waals surface area (Å²) in [7, 11) is 0. The van der Waals surface area contributed by atoms with Crippen molar-refractivity contribution in [1.82, 2.24) is 0 Å². The van der Waals surface area contributed by atoms with Gasteiger partial charge in [-0.25, -0.2) is 0 Å². The molecule has 0 radical (unpaired) electrons. The highest BCUT2D eigenvalue weighted by atomic mass is 16.5. The van der Waals surface area contributed by atoms with Crippen LogP contribution in [0.3, 0.4) is 0 Å². The van der Waals surface area contributed by atoms with E-state index in [1.165, 1.54) is 5.56 Å². The first-order chi connectivity index (χ1) is 10.3. The van der Waals surface area contributed by atoms with E-state index in [0.29, 0.717) is 6.61 Å². The van der Waals surface area contributed by atoms with Gasteiger partial charge >= 0.3 is 0 Å². The molecule has 3 heteroatoms. The molecule has 2 aromatic rings. The maximum atomic E-state index is 5.41. The Balaban J connectivity index is 1.91. The van der Waals surface area contributed by atoms with E-state index in [4.69, 9.17) is 4.74 Å². The predicted molar refractivity (Wildman–Crippen MR) is 88.5 cm³/mol. The normalized spacial score (nSPS) is 11.1. The van der Waals surface area contributed by atoms with Crippen LogP contribution in [0.2, 0.25) is 0 Å². The lowest BCUT2D eigenvalue weighted by Crippen LogP contribution is -1.92. The molecule has 0 fully saturated rings. The Morgan fingerprint density at radius 1 is 0.905 bits per heavy atom. The van der Waals surface area contributed by atoms with Crippen molar-refractivity contribution < 1.29 is 4.74 Å². The van der Waals surface area contributed by atoms with Crippen LogP contribution in [0.15, 0.2) is 71.4 Å². The molecule has 0 bridgehead atoms. The van der Waals surface area contributed by atoms with Gasteiger partial charge in [0.05, 0.1) is 12.4 Å². The van der Waals surface area contributed by atoms with Crippen LogP contribution in [0, 0.1) is 6.92 Å². The molecule has 0 aliphatic rings. The van der Waals surface area contributed by atoms with E-state index in [-0.39, 0.29) is 0 Å². The monoisotopic (exact) mass is 278 g/mol. The van der Waals surface area contributed by atoms with Crippen molar-refractivity contribution in [3.8, 4) is 5.75 Å². The van der Waals surface area contributed by atoms with Crippen molar-refractivity contribution >= 4 is 12.4 Å². The highest BCUT2D eigenvalue weighted by molar-refractivity contribution is 5.82. The number of hydrogen-bond donors (Lipinski definition) is 0. The molecule has 0 spiro atoms. The Bertz CT molecular complexity index is 625. The standard InChI is InChI=1S/C18H18N2O/c1-3-12-21-18-10-8-17(9-11-18)14-20-19-13-16-6-4-15(2)5-7-16/h3-11,13-14H,1,12H2,2H3. The summed E-state index contributed by atoms with van der Waals surface area (Å²) in [6.45, 7) is 6.18. The van der Waals surface area contributed by atoms with Crippen LogP contribution in [0.5, 0.6) is 5.75 Å². The second-order valence-corrected chi connectivity index (χ2v) is 4.57. The van der Waals surface area contributed by atoms with Gasteiger partial charge in [0.15, 0.2) is 0 Å². The summed E-state index contributed by atoms with van der Waals surface area (Å²) in [5.74, 6) is 0.815. The quantitative estimate of drug-likeness (QED) is 0.446. The third-order valence-electron chi connectivity index (χ3n) is 2.81. The number of ether oxygens (including phenoxy) is 1. The minimum atomic E-state index is 0.508. The Morgan fingerprint density at radius 2 is 1.43 bits per heavy atom. The van der Waals surface area contributed by atoms with E-state index < -0.39 is 0 Å². The zero-order chi connectivity index (χ0) is 14.9. The summed E-state index contributed by atoms with van der Waals surface area (Å²) in [6.07, 6.45) is 5.16. The van der Waals surface area contributed by atoms with Crippen molar-refractivity contribution in [2.24, 2.45) is 10.2 Å². The fourth-order valence-electron chi connectivity index (χ4n) is 1.66. The Labute approximate surface area is 125 Å². The molecule has 0 N–H and O–H groups in total. The van der Waals surface area contributed by atoms with Crippen molar-refractivity contribution in [3.63, 3.8) is 0 Å². The fourth-order valence-corrected chi connectivity index (χ4v) is 1.66. The van der Waals surface area contributed by atoms with Gasteiger partial charge in [0.2, 0.25) is 0 Å². The molecule has 0 amide bonds. The average Bonchev–Trinajstić information content (AvgIpc) is 2.52. The van der Waals surface area contributed by atoms with Crippen molar-refractivity contribution in [1.29, 1.82) is 0 Å². The fraction of sp³-hybridized carbons (Fsp3) is 0.111. The van der Waals surface area contributed by atoms with E-state index in [1.54, 1.807) is 18.5 Å². The molecule has 0 unspecified atom stereocenters. The summed E-state index contributed by atoms with van der Waals surface area (Å²) in [5.41, 5.74) is 3.24. The Morgan fingerprint density at radius 3 is 1.95 bits per heavy atom. The van der Waals surface area contributed by atoms with Crippen LogP contribution in [0.4, 0.5) is 0 Å². The minimum absolute atomic E-state index is 0.508. The molecular weight excluding hydrogens is 260 g/mol. The molecule has 0 saturated heterocycles. The Kier molecular flexibility index (Phi) is 5.47. The van der Waals surface area contributed by atoms with E-state index in [2.05, 4.69) is 23.7 Å². The van der Waals surface area contributed by atoms with Crippen LogP contribution in [-0.2, 0) is 0 Å². The SMILES string of the molecule is C=CCOc1ccc(C=NN=Cc2ccc(C)cc2)cc1. The summed E-state index contributed by atoms with van der Waals surface area (Å²) < 4.78 is 5.41. The molecule has 0 aliphatic heterocycles. The topological polar surface area (TPSA) is 34.0 Å². The molecule has 0 atom stereocenters. The average molecular weight is 278 g/mol. The van der Waals surface area contributed by atoms with Gasteiger partial charge in [0.25, 0.3) is 0 Å². The highest BCUT2D eigenvalue weighted by Gasteiger charge is 1.92. The Hall–Kier alpha value is -2.68. The third kappa shape index (κ3) is 5.07. The minimum Gasteiger partial charge on any atom is -0.490 e. The lowest BCUT2D eigenvalue weighted by Gasteiger charge is -2.02. The van der Waals surface area contributed by atoms with Gasteiger partial charge in [0, 0.05) is 0 Å². The first-order valence-electron chi connectivity index (χ1n) is 6.75. The maximum absolute atomic E-state index is 5.41. The van der Waals surface area contributed by atoms with Crippen LogP contribution in [0.1, 0.15) is 16.7 Å². The van der Waals surface area contributed by atoms with Gasteiger partial charge in [-0.05, 0) is 42.3 Å². The van der Waals surface area contributed by atoms with E-state index in [9.17, 15) is 0 Å². The van der Waals surface area contributed by atoms with Crippen molar-refractivity contribution in [2.75, 3.05) is 6.61 Å². The zero-order valence-corrected chi connectivity index (χ0v) is 12.1. The number of aryl methyl sites for hydroxylation is 1. The van der Waals surface area contributed by atoms with Gasteiger partial charge < -0.3 is 4.74 Å². The molecule has 21 heavy (non-hydrogen) atoms. The lowest BCUT2D eigenvalue weighted by molar-refractivity contribution is 0.363.